The zero-order valence-electron chi connectivity index (χ0n) is 13.1. The lowest BCUT2D eigenvalue weighted by molar-refractivity contribution is 0.0719. The number of hydrogen-bond acceptors (Lipinski definition) is 3. The maximum atomic E-state index is 12.9. The van der Waals surface area contributed by atoms with E-state index in [0.717, 1.165) is 31.7 Å². The number of piperazine rings is 1. The first-order valence-electron chi connectivity index (χ1n) is 7.57. The largest absolute Gasteiger partial charge is 0.314 e. The van der Waals surface area contributed by atoms with Crippen LogP contribution in [0.3, 0.4) is 0 Å². The molecule has 2 rings (SSSR count). The number of carbonyl (C=O) groups is 1. The minimum atomic E-state index is -0.000735. The summed E-state index contributed by atoms with van der Waals surface area (Å²) in [6, 6.07) is 6.06. The SMILES string of the molecule is Cc1ccc(C(=O)C(C(C)C)N2CCNCC2)cc1C. The van der Waals surface area contributed by atoms with Crippen LogP contribution in [0.15, 0.2) is 18.2 Å². The summed E-state index contributed by atoms with van der Waals surface area (Å²) in [5.41, 5.74) is 3.29. The molecule has 0 aliphatic carbocycles. The first kappa shape index (κ1) is 15.2. The van der Waals surface area contributed by atoms with Crippen molar-refractivity contribution in [3.05, 3.63) is 34.9 Å². The number of aryl methyl sites for hydroxylation is 2. The molecule has 0 bridgehead atoms. The van der Waals surface area contributed by atoms with Gasteiger partial charge in [-0.2, -0.15) is 0 Å². The summed E-state index contributed by atoms with van der Waals surface area (Å²) in [5.74, 6) is 0.604. The van der Waals surface area contributed by atoms with Gasteiger partial charge in [-0.15, -0.1) is 0 Å². The van der Waals surface area contributed by atoms with E-state index in [-0.39, 0.29) is 11.8 Å². The second-order valence-electron chi connectivity index (χ2n) is 6.14. The van der Waals surface area contributed by atoms with Gasteiger partial charge in [0, 0.05) is 31.7 Å². The van der Waals surface area contributed by atoms with E-state index >= 15 is 0 Å². The number of nitrogens with zero attached hydrogens (tertiary/aromatic N) is 1. The molecule has 3 nitrogen and oxygen atoms in total. The van der Waals surface area contributed by atoms with Gasteiger partial charge in [0.25, 0.3) is 0 Å². The van der Waals surface area contributed by atoms with Gasteiger partial charge in [-0.1, -0.05) is 26.0 Å². The Morgan fingerprint density at radius 3 is 2.35 bits per heavy atom. The van der Waals surface area contributed by atoms with Gasteiger partial charge in [0.05, 0.1) is 6.04 Å². The van der Waals surface area contributed by atoms with Gasteiger partial charge in [0.1, 0.15) is 0 Å². The Morgan fingerprint density at radius 2 is 1.80 bits per heavy atom. The highest BCUT2D eigenvalue weighted by molar-refractivity contribution is 6.00. The molecule has 1 aliphatic heterocycles. The number of nitrogens with one attached hydrogen (secondary N) is 1. The molecule has 20 heavy (non-hydrogen) atoms. The lowest BCUT2D eigenvalue weighted by Gasteiger charge is -2.36. The third-order valence-electron chi connectivity index (χ3n) is 4.24. The van der Waals surface area contributed by atoms with E-state index in [1.54, 1.807) is 0 Å². The quantitative estimate of drug-likeness (QED) is 0.856. The molecule has 1 fully saturated rings. The Kier molecular flexibility index (Phi) is 4.95. The maximum absolute atomic E-state index is 12.9. The highest BCUT2D eigenvalue weighted by atomic mass is 16.1. The van der Waals surface area contributed by atoms with Crippen molar-refractivity contribution in [2.24, 2.45) is 5.92 Å². The standard InChI is InChI=1S/C17H26N2O/c1-12(2)16(19-9-7-18-8-10-19)17(20)15-6-5-13(3)14(4)11-15/h5-6,11-12,16,18H,7-10H2,1-4H3. The molecule has 0 amide bonds. The van der Waals surface area contributed by atoms with Gasteiger partial charge >= 0.3 is 0 Å². The number of benzene rings is 1. The van der Waals surface area contributed by atoms with Crippen LogP contribution < -0.4 is 5.32 Å². The van der Waals surface area contributed by atoms with Crippen molar-refractivity contribution < 1.29 is 4.79 Å². The van der Waals surface area contributed by atoms with Crippen LogP contribution >= 0.6 is 0 Å². The van der Waals surface area contributed by atoms with Crippen molar-refractivity contribution in [2.75, 3.05) is 26.2 Å². The molecule has 110 valence electrons. The Balaban J connectivity index is 2.23. The highest BCUT2D eigenvalue weighted by Crippen LogP contribution is 2.19. The molecule has 0 radical (unpaired) electrons. The Hall–Kier alpha value is -1.19. The van der Waals surface area contributed by atoms with Gasteiger partial charge in [0.15, 0.2) is 5.78 Å². The molecule has 1 aromatic rings. The molecule has 0 saturated carbocycles. The normalized spacial score (nSPS) is 18.2. The molecule has 1 saturated heterocycles. The first-order chi connectivity index (χ1) is 9.50. The van der Waals surface area contributed by atoms with E-state index in [2.05, 4.69) is 44.0 Å². The molecular weight excluding hydrogens is 248 g/mol. The van der Waals surface area contributed by atoms with Gasteiger partial charge in [-0.05, 0) is 37.0 Å². The van der Waals surface area contributed by atoms with Crippen LogP contribution in [0.25, 0.3) is 0 Å². The Morgan fingerprint density at radius 1 is 1.15 bits per heavy atom. The van der Waals surface area contributed by atoms with E-state index in [4.69, 9.17) is 0 Å². The van der Waals surface area contributed by atoms with Crippen molar-refractivity contribution in [2.45, 2.75) is 33.7 Å². The number of ketones is 1. The predicted molar refractivity (Wildman–Crippen MR) is 83.3 cm³/mol. The molecule has 1 N–H and O–H groups in total. The summed E-state index contributed by atoms with van der Waals surface area (Å²) in [7, 11) is 0. The Bertz CT molecular complexity index is 476. The molecule has 1 aliphatic rings. The fourth-order valence-corrected chi connectivity index (χ4v) is 2.92. The van der Waals surface area contributed by atoms with Crippen LogP contribution in [0.4, 0.5) is 0 Å². The zero-order valence-corrected chi connectivity index (χ0v) is 13.1. The summed E-state index contributed by atoms with van der Waals surface area (Å²) in [5, 5.41) is 3.35. The second kappa shape index (κ2) is 6.51. The smallest absolute Gasteiger partial charge is 0.180 e. The lowest BCUT2D eigenvalue weighted by Crippen LogP contribution is -2.53. The molecule has 1 heterocycles. The zero-order chi connectivity index (χ0) is 14.7. The molecule has 1 atom stereocenters. The average Bonchev–Trinajstić information content (AvgIpc) is 2.42. The fourth-order valence-electron chi connectivity index (χ4n) is 2.92. The van der Waals surface area contributed by atoms with Gasteiger partial charge in [0.2, 0.25) is 0 Å². The lowest BCUT2D eigenvalue weighted by atomic mass is 9.91. The number of Topliss-reactive ketones (excluding diaryl/α,β-unsaturated/α-hetero) is 1. The number of hydrogen-bond donors (Lipinski definition) is 1. The third-order valence-corrected chi connectivity index (χ3v) is 4.24. The van der Waals surface area contributed by atoms with Crippen LogP contribution in [-0.2, 0) is 0 Å². The highest BCUT2D eigenvalue weighted by Gasteiger charge is 2.30. The van der Waals surface area contributed by atoms with Gasteiger partial charge in [-0.25, -0.2) is 0 Å². The number of rotatable bonds is 4. The van der Waals surface area contributed by atoms with Crippen LogP contribution in [0.1, 0.15) is 35.3 Å². The van der Waals surface area contributed by atoms with Crippen molar-refractivity contribution in [1.82, 2.24) is 10.2 Å². The van der Waals surface area contributed by atoms with E-state index < -0.39 is 0 Å². The van der Waals surface area contributed by atoms with Crippen molar-refractivity contribution in [3.8, 4) is 0 Å². The van der Waals surface area contributed by atoms with Crippen LogP contribution in [0.5, 0.6) is 0 Å². The minimum Gasteiger partial charge on any atom is -0.314 e. The van der Waals surface area contributed by atoms with Crippen molar-refractivity contribution in [3.63, 3.8) is 0 Å². The van der Waals surface area contributed by atoms with Crippen molar-refractivity contribution >= 4 is 5.78 Å². The summed E-state index contributed by atoms with van der Waals surface area (Å²) < 4.78 is 0. The van der Waals surface area contributed by atoms with Crippen LogP contribution in [0.2, 0.25) is 0 Å². The van der Waals surface area contributed by atoms with E-state index in [1.165, 1.54) is 11.1 Å². The number of carbonyl (C=O) groups excluding carboxylic acids is 1. The average molecular weight is 274 g/mol. The van der Waals surface area contributed by atoms with E-state index in [1.807, 2.05) is 12.1 Å². The summed E-state index contributed by atoms with van der Waals surface area (Å²) >= 11 is 0. The molecule has 1 aromatic carbocycles. The van der Waals surface area contributed by atoms with E-state index in [0.29, 0.717) is 5.92 Å². The maximum Gasteiger partial charge on any atom is 0.180 e. The third kappa shape index (κ3) is 3.28. The summed E-state index contributed by atoms with van der Waals surface area (Å²) in [4.78, 5) is 15.2. The monoisotopic (exact) mass is 274 g/mol. The summed E-state index contributed by atoms with van der Waals surface area (Å²) in [6.45, 7) is 12.3. The van der Waals surface area contributed by atoms with Gasteiger partial charge < -0.3 is 5.32 Å². The fraction of sp³-hybridized carbons (Fsp3) is 0.588. The summed E-state index contributed by atoms with van der Waals surface area (Å²) in [6.07, 6.45) is 0. The topological polar surface area (TPSA) is 32.3 Å². The minimum absolute atomic E-state index is 0.000735. The second-order valence-corrected chi connectivity index (χ2v) is 6.14. The molecule has 0 aromatic heterocycles. The van der Waals surface area contributed by atoms with Crippen LogP contribution in [0, 0.1) is 19.8 Å². The molecule has 3 heteroatoms. The van der Waals surface area contributed by atoms with Crippen LogP contribution in [-0.4, -0.2) is 42.9 Å². The van der Waals surface area contributed by atoms with E-state index in [9.17, 15) is 4.79 Å². The van der Waals surface area contributed by atoms with Gasteiger partial charge in [-0.3, -0.25) is 9.69 Å². The Labute approximate surface area is 122 Å². The first-order valence-corrected chi connectivity index (χ1v) is 7.57. The molecular formula is C17H26N2O. The van der Waals surface area contributed by atoms with Crippen molar-refractivity contribution in [1.29, 1.82) is 0 Å². The molecule has 1 unspecified atom stereocenters. The predicted octanol–water partition coefficient (Wildman–Crippen LogP) is 2.42. The molecule has 0 spiro atoms.